The molecule has 0 saturated heterocycles. The number of fused-ring (bicyclic) bond motifs is 1. The van der Waals surface area contributed by atoms with E-state index in [2.05, 4.69) is 50.4 Å². The van der Waals surface area contributed by atoms with Crippen molar-refractivity contribution < 1.29 is 0 Å². The van der Waals surface area contributed by atoms with Crippen LogP contribution in [-0.2, 0) is 0 Å². The van der Waals surface area contributed by atoms with Crippen LogP contribution in [0.4, 0.5) is 0 Å². The maximum Gasteiger partial charge on any atom is 0.0484 e. The highest BCUT2D eigenvalue weighted by atomic mass is 14.9. The van der Waals surface area contributed by atoms with Crippen LogP contribution in [-0.4, -0.2) is 4.40 Å². The topological polar surface area (TPSA) is 4.41 Å². The molecule has 0 aromatic carbocycles. The van der Waals surface area contributed by atoms with Crippen LogP contribution in [0.1, 0.15) is 22.4 Å². The minimum atomic E-state index is 1.32. The Kier molecular flexibility index (Phi) is 1.69. The molecule has 2 rings (SSSR count). The summed E-state index contributed by atoms with van der Waals surface area (Å²) >= 11 is 0. The second-order valence-electron chi connectivity index (χ2n) is 3.86. The van der Waals surface area contributed by atoms with Gasteiger partial charge in [0.1, 0.15) is 0 Å². The van der Waals surface area contributed by atoms with Crippen molar-refractivity contribution in [3.05, 3.63) is 40.7 Å². The van der Waals surface area contributed by atoms with Gasteiger partial charge in [0.2, 0.25) is 0 Å². The Morgan fingerprint density at radius 2 is 1.54 bits per heavy atom. The summed E-state index contributed by atoms with van der Waals surface area (Å²) < 4.78 is 2.26. The molecule has 0 amide bonds. The summed E-state index contributed by atoms with van der Waals surface area (Å²) in [7, 11) is 0. The minimum absolute atomic E-state index is 1.32. The van der Waals surface area contributed by atoms with Crippen molar-refractivity contribution in [3.8, 4) is 0 Å². The quantitative estimate of drug-likeness (QED) is 0.576. The molecule has 13 heavy (non-hydrogen) atoms. The summed E-state index contributed by atoms with van der Waals surface area (Å²) in [6.07, 6.45) is 2.22. The van der Waals surface area contributed by atoms with Gasteiger partial charge in [-0.15, -0.1) is 0 Å². The maximum absolute atomic E-state index is 2.26. The van der Waals surface area contributed by atoms with Gasteiger partial charge in [-0.05, 0) is 56.5 Å². The molecule has 0 aliphatic heterocycles. The number of nitrogens with zero attached hydrogens (tertiary/aromatic N) is 1. The van der Waals surface area contributed by atoms with Gasteiger partial charge < -0.3 is 4.40 Å². The molecule has 2 aromatic rings. The zero-order chi connectivity index (χ0) is 9.59. The second-order valence-corrected chi connectivity index (χ2v) is 3.86. The molecule has 0 atom stereocenters. The van der Waals surface area contributed by atoms with E-state index >= 15 is 0 Å². The van der Waals surface area contributed by atoms with Crippen LogP contribution in [0.5, 0.6) is 0 Å². The van der Waals surface area contributed by atoms with Gasteiger partial charge in [-0.3, -0.25) is 0 Å². The van der Waals surface area contributed by atoms with Gasteiger partial charge >= 0.3 is 0 Å². The number of hydrogen-bond acceptors (Lipinski definition) is 0. The summed E-state index contributed by atoms with van der Waals surface area (Å²) in [5.41, 5.74) is 6.73. The van der Waals surface area contributed by atoms with Gasteiger partial charge in [0.05, 0.1) is 0 Å². The fourth-order valence-electron chi connectivity index (χ4n) is 1.81. The molecule has 0 aliphatic rings. The molecule has 0 radical (unpaired) electrons. The van der Waals surface area contributed by atoms with Crippen molar-refractivity contribution in [2.24, 2.45) is 0 Å². The lowest BCUT2D eigenvalue weighted by molar-refractivity contribution is 1.08. The van der Waals surface area contributed by atoms with Gasteiger partial charge in [0, 0.05) is 17.4 Å². The van der Waals surface area contributed by atoms with E-state index in [0.717, 1.165) is 0 Å². The number of pyridine rings is 1. The highest BCUT2D eigenvalue weighted by Gasteiger charge is 2.03. The first-order valence-corrected chi connectivity index (χ1v) is 4.65. The summed E-state index contributed by atoms with van der Waals surface area (Å²) in [4.78, 5) is 0. The van der Waals surface area contributed by atoms with Crippen LogP contribution in [0.3, 0.4) is 0 Å². The lowest BCUT2D eigenvalue weighted by Crippen LogP contribution is -1.91. The lowest BCUT2D eigenvalue weighted by atomic mass is 10.1. The Bertz CT molecular complexity index is 421. The van der Waals surface area contributed by atoms with Gasteiger partial charge in [-0.25, -0.2) is 0 Å². The van der Waals surface area contributed by atoms with E-state index in [9.17, 15) is 0 Å². The van der Waals surface area contributed by atoms with Gasteiger partial charge in [0.25, 0.3) is 0 Å². The number of rotatable bonds is 0. The van der Waals surface area contributed by atoms with Crippen LogP contribution in [0.2, 0.25) is 0 Å². The molecule has 0 unspecified atom stereocenters. The number of hydrogen-bond donors (Lipinski definition) is 0. The smallest absolute Gasteiger partial charge is 0.0484 e. The van der Waals surface area contributed by atoms with Crippen LogP contribution in [0, 0.1) is 27.7 Å². The third-order valence-electron chi connectivity index (χ3n) is 2.77. The largest absolute Gasteiger partial charge is 0.321 e. The first-order valence-electron chi connectivity index (χ1n) is 4.65. The molecule has 0 N–H and O–H groups in total. The zero-order valence-electron chi connectivity index (χ0n) is 8.68. The molecule has 2 aromatic heterocycles. The molecule has 2 heterocycles. The number of aryl methyl sites for hydroxylation is 4. The Balaban J connectivity index is 2.91. The average Bonchev–Trinajstić information content (AvgIpc) is 2.31. The Morgan fingerprint density at radius 3 is 2.23 bits per heavy atom. The summed E-state index contributed by atoms with van der Waals surface area (Å²) in [6.45, 7) is 8.63. The molecule has 1 heteroatoms. The third kappa shape index (κ3) is 1.15. The molecule has 0 spiro atoms. The lowest BCUT2D eigenvalue weighted by Gasteiger charge is -2.04. The SMILES string of the molecule is Cc1cc2c(C)cc(C)n2cc1C. The third-order valence-corrected chi connectivity index (χ3v) is 2.77. The van der Waals surface area contributed by atoms with Crippen LogP contribution in [0.15, 0.2) is 18.3 Å². The van der Waals surface area contributed by atoms with Gasteiger partial charge in [0.15, 0.2) is 0 Å². The number of aromatic nitrogens is 1. The van der Waals surface area contributed by atoms with Crippen molar-refractivity contribution in [2.45, 2.75) is 27.7 Å². The van der Waals surface area contributed by atoms with Crippen LogP contribution >= 0.6 is 0 Å². The van der Waals surface area contributed by atoms with Gasteiger partial charge in [-0.1, -0.05) is 0 Å². The minimum Gasteiger partial charge on any atom is -0.321 e. The molecular weight excluding hydrogens is 158 g/mol. The normalized spacial score (nSPS) is 11.1. The standard InChI is InChI=1S/C12H15N/c1-8-6-12-9(2)5-11(4)13(12)7-10(8)3/h5-7H,1-4H3. The molecule has 0 aliphatic carbocycles. The summed E-state index contributed by atoms with van der Waals surface area (Å²) in [6, 6.07) is 4.49. The predicted octanol–water partition coefficient (Wildman–Crippen LogP) is 3.17. The summed E-state index contributed by atoms with van der Waals surface area (Å²) in [5.74, 6) is 0. The van der Waals surface area contributed by atoms with E-state index in [1.165, 1.54) is 27.9 Å². The van der Waals surface area contributed by atoms with Crippen molar-refractivity contribution in [1.82, 2.24) is 4.40 Å². The molecule has 0 saturated carbocycles. The zero-order valence-corrected chi connectivity index (χ0v) is 8.68. The molecule has 1 nitrogen and oxygen atoms in total. The van der Waals surface area contributed by atoms with E-state index in [1.807, 2.05) is 0 Å². The van der Waals surface area contributed by atoms with E-state index in [0.29, 0.717) is 0 Å². The Hall–Kier alpha value is -1.24. The molecular formula is C12H15N. The average molecular weight is 173 g/mol. The van der Waals surface area contributed by atoms with Crippen molar-refractivity contribution in [1.29, 1.82) is 0 Å². The van der Waals surface area contributed by atoms with Crippen molar-refractivity contribution in [2.75, 3.05) is 0 Å². The predicted molar refractivity (Wildman–Crippen MR) is 56.3 cm³/mol. The van der Waals surface area contributed by atoms with E-state index < -0.39 is 0 Å². The van der Waals surface area contributed by atoms with E-state index in [4.69, 9.17) is 0 Å². The van der Waals surface area contributed by atoms with Crippen molar-refractivity contribution >= 4 is 5.52 Å². The highest BCUT2D eigenvalue weighted by molar-refractivity contribution is 5.59. The molecule has 0 bridgehead atoms. The van der Waals surface area contributed by atoms with Crippen molar-refractivity contribution in [3.63, 3.8) is 0 Å². The fraction of sp³-hybridized carbons (Fsp3) is 0.333. The maximum atomic E-state index is 2.26. The highest BCUT2D eigenvalue weighted by Crippen LogP contribution is 2.19. The molecule has 68 valence electrons. The van der Waals surface area contributed by atoms with Gasteiger partial charge in [-0.2, -0.15) is 0 Å². The first kappa shape index (κ1) is 8.36. The monoisotopic (exact) mass is 173 g/mol. The first-order chi connectivity index (χ1) is 6.09. The van der Waals surface area contributed by atoms with E-state index in [1.54, 1.807) is 0 Å². The Labute approximate surface area is 79.0 Å². The van der Waals surface area contributed by atoms with Crippen LogP contribution in [0.25, 0.3) is 5.52 Å². The van der Waals surface area contributed by atoms with Crippen LogP contribution < -0.4 is 0 Å². The second kappa shape index (κ2) is 2.63. The summed E-state index contributed by atoms with van der Waals surface area (Å²) in [5, 5.41) is 0. The van der Waals surface area contributed by atoms with E-state index in [-0.39, 0.29) is 0 Å². The fourth-order valence-corrected chi connectivity index (χ4v) is 1.81. The molecule has 0 fully saturated rings. The Morgan fingerprint density at radius 1 is 0.846 bits per heavy atom.